The number of nitrogens with zero attached hydrogens (tertiary/aromatic N) is 2. The maximum Gasteiger partial charge on any atom is 0.255 e. The average molecular weight is 323 g/mol. The third-order valence-electron chi connectivity index (χ3n) is 2.61. The summed E-state index contributed by atoms with van der Waals surface area (Å²) in [6.07, 6.45) is 3.12. The van der Waals surface area contributed by atoms with Crippen LogP contribution in [0.2, 0.25) is 0 Å². The summed E-state index contributed by atoms with van der Waals surface area (Å²) < 4.78 is 13.8. The topological polar surface area (TPSA) is 33.2 Å². The molecule has 1 aromatic carbocycles. The molecule has 0 N–H and O–H groups in total. The van der Waals surface area contributed by atoms with E-state index in [1.807, 2.05) is 0 Å². The molecule has 5 heteroatoms. The van der Waals surface area contributed by atoms with E-state index < -0.39 is 0 Å². The van der Waals surface area contributed by atoms with E-state index >= 15 is 0 Å². The van der Waals surface area contributed by atoms with Gasteiger partial charge in [0.25, 0.3) is 5.91 Å². The lowest BCUT2D eigenvalue weighted by molar-refractivity contribution is 0.0784. The molecule has 1 aromatic heterocycles. The highest BCUT2D eigenvalue weighted by molar-refractivity contribution is 9.10. The van der Waals surface area contributed by atoms with Crippen molar-refractivity contribution in [1.29, 1.82) is 0 Å². The number of halogens is 2. The van der Waals surface area contributed by atoms with Crippen LogP contribution in [0.4, 0.5) is 4.39 Å². The van der Waals surface area contributed by atoms with Crippen molar-refractivity contribution in [3.63, 3.8) is 0 Å². The lowest BCUT2D eigenvalue weighted by atomic mass is 10.2. The van der Waals surface area contributed by atoms with Crippen molar-refractivity contribution in [1.82, 2.24) is 9.88 Å². The van der Waals surface area contributed by atoms with Crippen molar-refractivity contribution >= 4 is 21.8 Å². The smallest absolute Gasteiger partial charge is 0.255 e. The number of pyridine rings is 1. The molecule has 3 nitrogen and oxygen atoms in total. The molecule has 0 fully saturated rings. The normalized spacial score (nSPS) is 10.3. The van der Waals surface area contributed by atoms with Crippen LogP contribution in [0.3, 0.4) is 0 Å². The molecule has 0 aliphatic carbocycles. The number of rotatable bonds is 3. The molecule has 0 aliphatic heterocycles. The zero-order valence-corrected chi connectivity index (χ0v) is 11.9. The van der Waals surface area contributed by atoms with Crippen LogP contribution in [0.5, 0.6) is 0 Å². The third kappa shape index (κ3) is 3.61. The number of hydrogen-bond acceptors (Lipinski definition) is 2. The van der Waals surface area contributed by atoms with Gasteiger partial charge >= 0.3 is 0 Å². The van der Waals surface area contributed by atoms with Crippen molar-refractivity contribution in [2.45, 2.75) is 6.54 Å². The minimum Gasteiger partial charge on any atom is -0.337 e. The van der Waals surface area contributed by atoms with Crippen molar-refractivity contribution < 1.29 is 9.18 Å². The van der Waals surface area contributed by atoms with Crippen LogP contribution >= 0.6 is 15.9 Å². The van der Waals surface area contributed by atoms with E-state index in [-0.39, 0.29) is 11.7 Å². The van der Waals surface area contributed by atoms with Gasteiger partial charge in [-0.25, -0.2) is 4.39 Å². The number of carbonyl (C=O) groups is 1. The van der Waals surface area contributed by atoms with Gasteiger partial charge in [-0.3, -0.25) is 9.78 Å². The summed E-state index contributed by atoms with van der Waals surface area (Å²) in [7, 11) is 1.67. The molecular formula is C14H12BrFN2O. The molecule has 0 aliphatic rings. The highest BCUT2D eigenvalue weighted by Crippen LogP contribution is 2.13. The Labute approximate surface area is 119 Å². The van der Waals surface area contributed by atoms with Gasteiger partial charge in [-0.05, 0) is 39.7 Å². The Kier molecular flexibility index (Phi) is 4.27. The number of carbonyl (C=O) groups excluding carboxylic acids is 1. The molecule has 0 bridgehead atoms. The minimum absolute atomic E-state index is 0.155. The van der Waals surface area contributed by atoms with Gasteiger partial charge in [0, 0.05) is 30.5 Å². The van der Waals surface area contributed by atoms with E-state index in [1.165, 1.54) is 23.2 Å². The highest BCUT2D eigenvalue weighted by atomic mass is 79.9. The summed E-state index contributed by atoms with van der Waals surface area (Å²) in [6, 6.07) is 7.92. The maximum atomic E-state index is 13.1. The first-order valence-corrected chi connectivity index (χ1v) is 6.46. The summed E-state index contributed by atoms with van der Waals surface area (Å²) in [5.41, 5.74) is 1.24. The molecule has 0 saturated heterocycles. The Balaban J connectivity index is 2.12. The van der Waals surface area contributed by atoms with E-state index in [0.717, 1.165) is 10.0 Å². The van der Waals surface area contributed by atoms with Crippen molar-refractivity contribution in [2.24, 2.45) is 0 Å². The Bertz CT molecular complexity index is 604. The third-order valence-corrected chi connectivity index (χ3v) is 3.04. The molecule has 2 aromatic rings. The zero-order valence-electron chi connectivity index (χ0n) is 10.3. The number of hydrogen-bond donors (Lipinski definition) is 0. The zero-order chi connectivity index (χ0) is 13.8. The van der Waals surface area contributed by atoms with Crippen LogP contribution in [-0.4, -0.2) is 22.8 Å². The summed E-state index contributed by atoms with van der Waals surface area (Å²) in [6.45, 7) is 0.350. The summed E-state index contributed by atoms with van der Waals surface area (Å²) in [5, 5.41) is 0. The number of amides is 1. The lowest BCUT2D eigenvalue weighted by Crippen LogP contribution is -2.26. The first-order chi connectivity index (χ1) is 9.06. The van der Waals surface area contributed by atoms with Gasteiger partial charge in [-0.1, -0.05) is 12.1 Å². The molecule has 0 saturated carbocycles. The van der Waals surface area contributed by atoms with Gasteiger partial charge in [0.15, 0.2) is 0 Å². The van der Waals surface area contributed by atoms with Gasteiger partial charge in [0.1, 0.15) is 5.82 Å². The highest BCUT2D eigenvalue weighted by Gasteiger charge is 2.12. The first kappa shape index (κ1) is 13.7. The quantitative estimate of drug-likeness (QED) is 0.869. The van der Waals surface area contributed by atoms with Crippen LogP contribution in [0.25, 0.3) is 0 Å². The number of aromatic nitrogens is 1. The molecule has 0 atom stereocenters. The second kappa shape index (κ2) is 5.93. The van der Waals surface area contributed by atoms with E-state index in [0.29, 0.717) is 12.1 Å². The van der Waals surface area contributed by atoms with Crippen LogP contribution < -0.4 is 0 Å². The predicted molar refractivity (Wildman–Crippen MR) is 74.1 cm³/mol. The fraction of sp³-hybridized carbons (Fsp3) is 0.143. The van der Waals surface area contributed by atoms with E-state index in [4.69, 9.17) is 0 Å². The Morgan fingerprint density at radius 3 is 2.84 bits per heavy atom. The molecule has 98 valence electrons. The summed E-state index contributed by atoms with van der Waals surface area (Å²) in [5.74, 6) is -0.458. The number of benzene rings is 1. The fourth-order valence-electron chi connectivity index (χ4n) is 1.73. The molecule has 1 heterocycles. The van der Waals surface area contributed by atoms with E-state index in [9.17, 15) is 9.18 Å². The molecule has 0 spiro atoms. The van der Waals surface area contributed by atoms with Gasteiger partial charge in [0.2, 0.25) is 0 Å². The fourth-order valence-corrected chi connectivity index (χ4v) is 2.10. The lowest BCUT2D eigenvalue weighted by Gasteiger charge is -2.17. The molecule has 0 unspecified atom stereocenters. The van der Waals surface area contributed by atoms with Crippen LogP contribution in [-0.2, 0) is 6.54 Å². The van der Waals surface area contributed by atoms with Gasteiger partial charge in [0.05, 0.1) is 5.56 Å². The van der Waals surface area contributed by atoms with Gasteiger partial charge < -0.3 is 4.90 Å². The van der Waals surface area contributed by atoms with Crippen molar-refractivity contribution in [3.8, 4) is 0 Å². The van der Waals surface area contributed by atoms with Crippen LogP contribution in [0.1, 0.15) is 15.9 Å². The minimum atomic E-state index is -0.303. The first-order valence-electron chi connectivity index (χ1n) is 5.67. The second-order valence-corrected chi connectivity index (χ2v) is 5.10. The van der Waals surface area contributed by atoms with Crippen LogP contribution in [0, 0.1) is 5.82 Å². The SMILES string of the molecule is CN(Cc1cccc(F)c1)C(=O)c1cncc(Br)c1. The van der Waals surface area contributed by atoms with Crippen molar-refractivity contribution in [2.75, 3.05) is 7.05 Å². The summed E-state index contributed by atoms with van der Waals surface area (Å²) >= 11 is 3.27. The van der Waals surface area contributed by atoms with Crippen molar-refractivity contribution in [3.05, 3.63) is 64.1 Å². The standard InChI is InChI=1S/C14H12BrFN2O/c1-18(9-10-3-2-4-13(16)5-10)14(19)11-6-12(15)8-17-7-11/h2-8H,9H2,1H3. The average Bonchev–Trinajstić information content (AvgIpc) is 2.38. The monoisotopic (exact) mass is 322 g/mol. The molecule has 1 amide bonds. The van der Waals surface area contributed by atoms with Crippen LogP contribution in [0.15, 0.2) is 47.2 Å². The molecular weight excluding hydrogens is 311 g/mol. The van der Waals surface area contributed by atoms with Gasteiger partial charge in [-0.15, -0.1) is 0 Å². The molecule has 19 heavy (non-hydrogen) atoms. The molecule has 2 rings (SSSR count). The largest absolute Gasteiger partial charge is 0.337 e. The maximum absolute atomic E-state index is 13.1. The summed E-state index contributed by atoms with van der Waals surface area (Å²) in [4.78, 5) is 17.6. The predicted octanol–water partition coefficient (Wildman–Crippen LogP) is 3.26. The second-order valence-electron chi connectivity index (χ2n) is 4.18. The van der Waals surface area contributed by atoms with Gasteiger partial charge in [-0.2, -0.15) is 0 Å². The van der Waals surface area contributed by atoms with E-state index in [2.05, 4.69) is 20.9 Å². The Morgan fingerprint density at radius 1 is 1.37 bits per heavy atom. The molecule has 0 radical (unpaired) electrons. The Hall–Kier alpha value is -1.75. The Morgan fingerprint density at radius 2 is 2.16 bits per heavy atom. The van der Waals surface area contributed by atoms with E-state index in [1.54, 1.807) is 31.4 Å².